The van der Waals surface area contributed by atoms with Crippen molar-refractivity contribution in [3.8, 4) is 0 Å². The van der Waals surface area contributed by atoms with Crippen LogP contribution >= 0.6 is 0 Å². The SMILES string of the molecule is CC(C)(C)c1ccc(S(=O)(=O)NC(=O)c2ccc(N)cc2)cc1. The third-order valence-electron chi connectivity index (χ3n) is 3.43. The predicted octanol–water partition coefficient (Wildman–Crippen LogP) is 2.69. The van der Waals surface area contributed by atoms with E-state index in [0.717, 1.165) is 5.56 Å². The number of hydrogen-bond donors (Lipinski definition) is 2. The normalized spacial score (nSPS) is 12.0. The van der Waals surface area contributed by atoms with Gasteiger partial charge in [0.15, 0.2) is 0 Å². The minimum Gasteiger partial charge on any atom is -0.399 e. The lowest BCUT2D eigenvalue weighted by Crippen LogP contribution is -2.30. The van der Waals surface area contributed by atoms with Gasteiger partial charge in [0.2, 0.25) is 0 Å². The molecule has 2 aromatic carbocycles. The summed E-state index contributed by atoms with van der Waals surface area (Å²) < 4.78 is 26.6. The van der Waals surface area contributed by atoms with Gasteiger partial charge in [-0.2, -0.15) is 0 Å². The summed E-state index contributed by atoms with van der Waals surface area (Å²) in [5, 5.41) is 0. The van der Waals surface area contributed by atoms with Gasteiger partial charge in [-0.3, -0.25) is 4.79 Å². The van der Waals surface area contributed by atoms with Crippen molar-refractivity contribution in [2.45, 2.75) is 31.1 Å². The molecule has 6 heteroatoms. The number of hydrogen-bond acceptors (Lipinski definition) is 4. The molecule has 2 rings (SSSR count). The van der Waals surface area contributed by atoms with Crippen LogP contribution in [0.5, 0.6) is 0 Å². The van der Waals surface area contributed by atoms with E-state index in [1.807, 2.05) is 20.8 Å². The molecule has 0 saturated carbocycles. The lowest BCUT2D eigenvalue weighted by Gasteiger charge is -2.19. The second kappa shape index (κ2) is 6.04. The summed E-state index contributed by atoms with van der Waals surface area (Å²) in [5.74, 6) is -0.690. The maximum Gasteiger partial charge on any atom is 0.264 e. The quantitative estimate of drug-likeness (QED) is 0.846. The van der Waals surface area contributed by atoms with Gasteiger partial charge in [0.05, 0.1) is 4.90 Å². The third kappa shape index (κ3) is 4.10. The van der Waals surface area contributed by atoms with E-state index < -0.39 is 15.9 Å². The molecule has 122 valence electrons. The topological polar surface area (TPSA) is 89.3 Å². The van der Waals surface area contributed by atoms with E-state index in [1.165, 1.54) is 24.3 Å². The van der Waals surface area contributed by atoms with Gasteiger partial charge in [0.25, 0.3) is 15.9 Å². The number of carbonyl (C=O) groups is 1. The number of benzene rings is 2. The molecule has 0 fully saturated rings. The van der Waals surface area contributed by atoms with Gasteiger partial charge in [-0.1, -0.05) is 32.9 Å². The molecule has 0 atom stereocenters. The van der Waals surface area contributed by atoms with Crippen molar-refractivity contribution >= 4 is 21.6 Å². The molecule has 0 aliphatic rings. The van der Waals surface area contributed by atoms with Gasteiger partial charge < -0.3 is 5.73 Å². The molecule has 0 aliphatic carbocycles. The Morgan fingerprint density at radius 3 is 1.96 bits per heavy atom. The predicted molar refractivity (Wildman–Crippen MR) is 90.6 cm³/mol. The zero-order valence-electron chi connectivity index (χ0n) is 13.3. The molecule has 0 aliphatic heterocycles. The Balaban J connectivity index is 2.21. The highest BCUT2D eigenvalue weighted by Gasteiger charge is 2.20. The molecule has 2 aromatic rings. The molecule has 23 heavy (non-hydrogen) atoms. The van der Waals surface area contributed by atoms with Gasteiger partial charge in [-0.05, 0) is 47.4 Å². The van der Waals surface area contributed by atoms with Crippen LogP contribution in [0.3, 0.4) is 0 Å². The number of anilines is 1. The highest BCUT2D eigenvalue weighted by molar-refractivity contribution is 7.90. The summed E-state index contributed by atoms with van der Waals surface area (Å²) in [7, 11) is -3.91. The lowest BCUT2D eigenvalue weighted by atomic mass is 9.87. The third-order valence-corrected chi connectivity index (χ3v) is 4.78. The molecule has 0 radical (unpaired) electrons. The Morgan fingerprint density at radius 2 is 1.48 bits per heavy atom. The van der Waals surface area contributed by atoms with Gasteiger partial charge >= 0.3 is 0 Å². The Bertz CT molecular complexity index is 802. The first-order valence-electron chi connectivity index (χ1n) is 7.13. The molecule has 0 bridgehead atoms. The van der Waals surface area contributed by atoms with Crippen molar-refractivity contribution in [1.82, 2.24) is 4.72 Å². The number of carbonyl (C=O) groups excluding carboxylic acids is 1. The fourth-order valence-electron chi connectivity index (χ4n) is 2.01. The Kier molecular flexibility index (Phi) is 4.47. The summed E-state index contributed by atoms with van der Waals surface area (Å²) in [6.07, 6.45) is 0. The van der Waals surface area contributed by atoms with Crippen LogP contribution in [0.2, 0.25) is 0 Å². The first-order chi connectivity index (χ1) is 10.6. The number of amides is 1. The average molecular weight is 332 g/mol. The Hall–Kier alpha value is -2.34. The number of nitrogens with one attached hydrogen (secondary N) is 1. The highest BCUT2D eigenvalue weighted by Crippen LogP contribution is 2.23. The van der Waals surface area contributed by atoms with E-state index in [4.69, 9.17) is 5.73 Å². The van der Waals surface area contributed by atoms with Crippen LogP contribution in [-0.2, 0) is 15.4 Å². The van der Waals surface area contributed by atoms with E-state index in [9.17, 15) is 13.2 Å². The fraction of sp³-hybridized carbons (Fsp3) is 0.235. The van der Waals surface area contributed by atoms with Crippen LogP contribution in [0.25, 0.3) is 0 Å². The second-order valence-corrected chi connectivity index (χ2v) is 8.01. The minimum atomic E-state index is -3.91. The van der Waals surface area contributed by atoms with Crippen molar-refractivity contribution < 1.29 is 13.2 Å². The molecule has 3 N–H and O–H groups in total. The number of nitrogen functional groups attached to an aromatic ring is 1. The second-order valence-electron chi connectivity index (χ2n) is 6.33. The van der Waals surface area contributed by atoms with Crippen molar-refractivity contribution in [1.29, 1.82) is 0 Å². The standard InChI is InChI=1S/C17H20N2O3S/c1-17(2,3)13-6-10-15(11-7-13)23(21,22)19-16(20)12-4-8-14(18)9-5-12/h4-11H,18H2,1-3H3,(H,19,20). The van der Waals surface area contributed by atoms with Crippen LogP contribution in [-0.4, -0.2) is 14.3 Å². The van der Waals surface area contributed by atoms with Crippen molar-refractivity contribution in [2.24, 2.45) is 0 Å². The maximum absolute atomic E-state index is 12.3. The van der Waals surface area contributed by atoms with E-state index in [1.54, 1.807) is 24.3 Å². The van der Waals surface area contributed by atoms with E-state index >= 15 is 0 Å². The average Bonchev–Trinajstić information content (AvgIpc) is 2.46. The zero-order valence-corrected chi connectivity index (χ0v) is 14.1. The molecule has 0 aromatic heterocycles. The first kappa shape index (κ1) is 17.0. The maximum atomic E-state index is 12.3. The van der Waals surface area contributed by atoms with Crippen LogP contribution in [0.15, 0.2) is 53.4 Å². The summed E-state index contributed by atoms with van der Waals surface area (Å²) in [6.45, 7) is 6.12. The Labute approximate surface area is 136 Å². The van der Waals surface area contributed by atoms with E-state index in [2.05, 4.69) is 4.72 Å². The zero-order chi connectivity index (χ0) is 17.3. The van der Waals surface area contributed by atoms with Gasteiger partial charge in [-0.15, -0.1) is 0 Å². The molecule has 0 heterocycles. The lowest BCUT2D eigenvalue weighted by molar-refractivity contribution is 0.0981. The molecule has 0 unspecified atom stereocenters. The Morgan fingerprint density at radius 1 is 0.957 bits per heavy atom. The van der Waals surface area contributed by atoms with Crippen LogP contribution in [0.1, 0.15) is 36.7 Å². The highest BCUT2D eigenvalue weighted by atomic mass is 32.2. The molecule has 0 saturated heterocycles. The smallest absolute Gasteiger partial charge is 0.264 e. The summed E-state index contributed by atoms with van der Waals surface area (Å²) >= 11 is 0. The van der Waals surface area contributed by atoms with Crippen LogP contribution < -0.4 is 10.5 Å². The van der Waals surface area contributed by atoms with E-state index in [0.29, 0.717) is 5.69 Å². The van der Waals surface area contributed by atoms with Crippen molar-refractivity contribution in [3.05, 3.63) is 59.7 Å². The number of nitrogens with two attached hydrogens (primary N) is 1. The van der Waals surface area contributed by atoms with Crippen LogP contribution in [0.4, 0.5) is 5.69 Å². The monoisotopic (exact) mass is 332 g/mol. The van der Waals surface area contributed by atoms with Gasteiger partial charge in [0.1, 0.15) is 0 Å². The molecular formula is C17H20N2O3S. The molecule has 5 nitrogen and oxygen atoms in total. The summed E-state index contributed by atoms with van der Waals surface area (Å²) in [6, 6.07) is 12.5. The van der Waals surface area contributed by atoms with Crippen LogP contribution in [0, 0.1) is 0 Å². The van der Waals surface area contributed by atoms with Gasteiger partial charge in [0, 0.05) is 11.3 Å². The van der Waals surface area contributed by atoms with Gasteiger partial charge in [-0.25, -0.2) is 13.1 Å². The van der Waals surface area contributed by atoms with Crippen molar-refractivity contribution in [3.63, 3.8) is 0 Å². The molecule has 0 spiro atoms. The first-order valence-corrected chi connectivity index (χ1v) is 8.61. The number of sulfonamides is 1. The largest absolute Gasteiger partial charge is 0.399 e. The number of rotatable bonds is 3. The van der Waals surface area contributed by atoms with Crippen molar-refractivity contribution in [2.75, 3.05) is 5.73 Å². The summed E-state index contributed by atoms with van der Waals surface area (Å²) in [4.78, 5) is 12.1. The fourth-order valence-corrected chi connectivity index (χ4v) is 2.98. The molecular weight excluding hydrogens is 312 g/mol. The summed E-state index contributed by atoms with van der Waals surface area (Å²) in [5.41, 5.74) is 7.22. The molecule has 1 amide bonds. The minimum absolute atomic E-state index is 0.0503. The van der Waals surface area contributed by atoms with E-state index in [-0.39, 0.29) is 15.9 Å².